The van der Waals surface area contributed by atoms with Gasteiger partial charge >= 0.3 is 5.69 Å². The van der Waals surface area contributed by atoms with Crippen molar-refractivity contribution in [1.82, 2.24) is 9.55 Å². The predicted octanol–water partition coefficient (Wildman–Crippen LogP) is 3.50. The van der Waals surface area contributed by atoms with Gasteiger partial charge in [0.05, 0.1) is 22.7 Å². The molecule has 0 atom stereocenters. The Morgan fingerprint density at radius 3 is 2.38 bits per heavy atom. The lowest BCUT2D eigenvalue weighted by atomic mass is 10.1. The van der Waals surface area contributed by atoms with E-state index in [1.807, 2.05) is 43.3 Å². The molecule has 168 valence electrons. The Kier molecular flexibility index (Phi) is 4.98. The van der Waals surface area contributed by atoms with Gasteiger partial charge in [0, 0.05) is 5.39 Å². The van der Waals surface area contributed by atoms with Crippen LogP contribution in [-0.4, -0.2) is 26.3 Å². The van der Waals surface area contributed by atoms with Gasteiger partial charge in [-0.05, 0) is 43.5 Å². The summed E-state index contributed by atoms with van der Waals surface area (Å²) in [5.74, 6) is -1.00. The fraction of sp³-hybridized carbons (Fsp3) is 0.0769. The number of hydrogen-bond donors (Lipinski definition) is 2. The molecule has 2 heterocycles. The number of aryl methyl sites for hydroxylation is 1. The van der Waals surface area contributed by atoms with E-state index < -0.39 is 23.0 Å². The Hall–Kier alpha value is -4.72. The van der Waals surface area contributed by atoms with Crippen molar-refractivity contribution in [3.05, 3.63) is 104 Å². The van der Waals surface area contributed by atoms with Crippen LogP contribution in [0.4, 0.5) is 5.69 Å². The van der Waals surface area contributed by atoms with Crippen LogP contribution in [0.1, 0.15) is 18.1 Å². The van der Waals surface area contributed by atoms with Crippen LogP contribution in [0.3, 0.4) is 0 Å². The van der Waals surface area contributed by atoms with Crippen LogP contribution >= 0.6 is 0 Å². The zero-order valence-electron chi connectivity index (χ0n) is 18.4. The molecule has 0 saturated heterocycles. The molecule has 0 saturated carbocycles. The SMILES string of the molecule is CC1=NN(c2cccc3ccccc23)C(=O)/C1=C\c1c(O)n(-c2ccc(C)cc2)c(=O)[nH]c1=O. The van der Waals surface area contributed by atoms with E-state index in [4.69, 9.17) is 0 Å². The Labute approximate surface area is 193 Å². The van der Waals surface area contributed by atoms with E-state index >= 15 is 0 Å². The van der Waals surface area contributed by atoms with Gasteiger partial charge in [0.15, 0.2) is 0 Å². The number of carbonyl (C=O) groups is 1. The number of nitrogens with one attached hydrogen (secondary N) is 1. The molecule has 0 bridgehead atoms. The number of amides is 1. The van der Waals surface area contributed by atoms with Gasteiger partial charge in [-0.15, -0.1) is 0 Å². The fourth-order valence-electron chi connectivity index (χ4n) is 3.99. The molecule has 1 amide bonds. The molecule has 0 unspecified atom stereocenters. The molecule has 1 aromatic heterocycles. The topological polar surface area (TPSA) is 108 Å². The number of aromatic nitrogens is 2. The number of aromatic amines is 1. The average molecular weight is 452 g/mol. The molecule has 5 rings (SSSR count). The third-order valence-corrected chi connectivity index (χ3v) is 5.76. The van der Waals surface area contributed by atoms with Gasteiger partial charge in [-0.25, -0.2) is 9.36 Å². The van der Waals surface area contributed by atoms with Gasteiger partial charge in [-0.3, -0.25) is 14.6 Å². The van der Waals surface area contributed by atoms with Gasteiger partial charge < -0.3 is 5.11 Å². The molecule has 1 aliphatic heterocycles. The van der Waals surface area contributed by atoms with Gasteiger partial charge in [0.25, 0.3) is 11.5 Å². The lowest BCUT2D eigenvalue weighted by Crippen LogP contribution is -2.30. The molecule has 3 aromatic carbocycles. The first kappa shape index (κ1) is 21.1. The third-order valence-electron chi connectivity index (χ3n) is 5.76. The van der Waals surface area contributed by atoms with Gasteiger partial charge in [0.1, 0.15) is 5.56 Å². The number of benzene rings is 3. The molecule has 1 aliphatic rings. The van der Waals surface area contributed by atoms with Gasteiger partial charge in [-0.2, -0.15) is 10.1 Å². The molecule has 34 heavy (non-hydrogen) atoms. The van der Waals surface area contributed by atoms with Crippen molar-refractivity contribution >= 4 is 34.2 Å². The van der Waals surface area contributed by atoms with Gasteiger partial charge in [0.2, 0.25) is 5.88 Å². The van der Waals surface area contributed by atoms with Crippen LogP contribution in [0.5, 0.6) is 5.88 Å². The first-order valence-electron chi connectivity index (χ1n) is 10.6. The van der Waals surface area contributed by atoms with Crippen LogP contribution in [0, 0.1) is 6.92 Å². The Bertz CT molecular complexity index is 1640. The quantitative estimate of drug-likeness (QED) is 0.464. The smallest absolute Gasteiger partial charge is 0.335 e. The first-order valence-corrected chi connectivity index (χ1v) is 10.6. The highest BCUT2D eigenvalue weighted by molar-refractivity contribution is 6.33. The summed E-state index contributed by atoms with van der Waals surface area (Å²) in [5, 5.41) is 18.4. The zero-order chi connectivity index (χ0) is 24.0. The number of H-pyrrole nitrogens is 1. The van der Waals surface area contributed by atoms with Gasteiger partial charge in [-0.1, -0.05) is 54.1 Å². The van der Waals surface area contributed by atoms with Crippen molar-refractivity contribution in [2.24, 2.45) is 5.10 Å². The minimum absolute atomic E-state index is 0.142. The maximum atomic E-state index is 13.3. The molecule has 0 spiro atoms. The summed E-state index contributed by atoms with van der Waals surface area (Å²) >= 11 is 0. The molecule has 8 nitrogen and oxygen atoms in total. The Balaban J connectivity index is 1.62. The molecule has 0 fully saturated rings. The van der Waals surface area contributed by atoms with Crippen LogP contribution in [0.15, 0.2) is 87.0 Å². The number of aromatic hydroxyl groups is 1. The second-order valence-electron chi connectivity index (χ2n) is 8.03. The molecule has 8 heteroatoms. The standard InChI is InChI=1S/C26H20N4O4/c1-15-10-12-18(13-11-15)29-24(32)21(23(31)27-26(29)34)14-20-16(2)28-30(25(20)33)22-9-5-7-17-6-3-4-8-19(17)22/h3-14,32H,1-2H3,(H,27,31,34)/b20-14-. The number of anilines is 1. The maximum absolute atomic E-state index is 13.3. The first-order chi connectivity index (χ1) is 16.3. The Morgan fingerprint density at radius 2 is 1.62 bits per heavy atom. The summed E-state index contributed by atoms with van der Waals surface area (Å²) in [5.41, 5.74) is 0.681. The number of hydrazone groups is 1. The second kappa shape index (κ2) is 8.00. The number of carbonyl (C=O) groups excluding carboxylic acids is 1. The minimum Gasteiger partial charge on any atom is -0.494 e. The highest BCUT2D eigenvalue weighted by atomic mass is 16.3. The second-order valence-corrected chi connectivity index (χ2v) is 8.03. The van der Waals surface area contributed by atoms with Crippen LogP contribution in [0.2, 0.25) is 0 Å². The van der Waals surface area contributed by atoms with Crippen molar-refractivity contribution in [1.29, 1.82) is 0 Å². The maximum Gasteiger partial charge on any atom is 0.335 e. The lowest BCUT2D eigenvalue weighted by molar-refractivity contribution is -0.114. The summed E-state index contributed by atoms with van der Waals surface area (Å²) in [7, 11) is 0. The van der Waals surface area contributed by atoms with E-state index in [-0.39, 0.29) is 11.1 Å². The molecule has 0 radical (unpaired) electrons. The Morgan fingerprint density at radius 1 is 0.912 bits per heavy atom. The number of hydrogen-bond acceptors (Lipinski definition) is 5. The number of nitrogens with zero attached hydrogens (tertiary/aromatic N) is 3. The monoisotopic (exact) mass is 452 g/mol. The lowest BCUT2D eigenvalue weighted by Gasteiger charge is -2.14. The van der Waals surface area contributed by atoms with E-state index in [1.54, 1.807) is 37.3 Å². The van der Waals surface area contributed by atoms with E-state index in [9.17, 15) is 19.5 Å². The number of fused-ring (bicyclic) bond motifs is 1. The molecular formula is C26H20N4O4. The highest BCUT2D eigenvalue weighted by Gasteiger charge is 2.30. The van der Waals surface area contributed by atoms with Crippen LogP contribution in [-0.2, 0) is 4.79 Å². The summed E-state index contributed by atoms with van der Waals surface area (Å²) in [6.45, 7) is 3.54. The highest BCUT2D eigenvalue weighted by Crippen LogP contribution is 2.32. The fourth-order valence-corrected chi connectivity index (χ4v) is 3.99. The molecule has 4 aromatic rings. The van der Waals surface area contributed by atoms with Crippen molar-refractivity contribution in [2.75, 3.05) is 5.01 Å². The van der Waals surface area contributed by atoms with Crippen molar-refractivity contribution < 1.29 is 9.90 Å². The molecule has 0 aliphatic carbocycles. The largest absolute Gasteiger partial charge is 0.494 e. The normalized spacial score (nSPS) is 14.8. The van der Waals surface area contributed by atoms with Crippen molar-refractivity contribution in [3.8, 4) is 11.6 Å². The summed E-state index contributed by atoms with van der Waals surface area (Å²) < 4.78 is 0.988. The molecule has 2 N–H and O–H groups in total. The van der Waals surface area contributed by atoms with Crippen LogP contribution in [0.25, 0.3) is 22.5 Å². The predicted molar refractivity (Wildman–Crippen MR) is 132 cm³/mol. The van der Waals surface area contributed by atoms with E-state index in [1.165, 1.54) is 11.1 Å². The third kappa shape index (κ3) is 3.41. The summed E-state index contributed by atoms with van der Waals surface area (Å²) in [6, 6.07) is 20.1. The average Bonchev–Trinajstić information content (AvgIpc) is 3.10. The van der Waals surface area contributed by atoms with Crippen molar-refractivity contribution in [3.63, 3.8) is 0 Å². The van der Waals surface area contributed by atoms with E-state index in [0.29, 0.717) is 17.1 Å². The summed E-state index contributed by atoms with van der Waals surface area (Å²) in [4.78, 5) is 40.6. The van der Waals surface area contributed by atoms with Crippen LogP contribution < -0.4 is 16.3 Å². The van der Waals surface area contributed by atoms with E-state index in [2.05, 4.69) is 10.1 Å². The minimum atomic E-state index is -0.803. The van der Waals surface area contributed by atoms with E-state index in [0.717, 1.165) is 20.9 Å². The van der Waals surface area contributed by atoms with Crippen molar-refractivity contribution in [2.45, 2.75) is 13.8 Å². The zero-order valence-corrected chi connectivity index (χ0v) is 18.4. The number of rotatable bonds is 3. The molecular weight excluding hydrogens is 432 g/mol. The summed E-state index contributed by atoms with van der Waals surface area (Å²) in [6.07, 6.45) is 1.27.